The van der Waals surface area contributed by atoms with Gasteiger partial charge >= 0.3 is 12.1 Å². The Morgan fingerprint density at radius 3 is 2.36 bits per heavy atom. The number of hydrogen-bond donors (Lipinski definition) is 2. The van der Waals surface area contributed by atoms with Gasteiger partial charge < -0.3 is 10.4 Å². The van der Waals surface area contributed by atoms with E-state index in [0.717, 1.165) is 25.0 Å². The molecule has 1 aliphatic rings. The minimum atomic E-state index is -4.64. The number of anilines is 1. The number of carboxylic acids is 1. The number of rotatable bonds is 5. The largest absolute Gasteiger partial charge is 0.478 e. The molecular formula is C20H15F4NO3. The van der Waals surface area contributed by atoms with Crippen molar-refractivity contribution < 1.29 is 32.3 Å². The van der Waals surface area contributed by atoms with Gasteiger partial charge in [-0.25, -0.2) is 9.18 Å². The molecule has 0 unspecified atom stereocenters. The summed E-state index contributed by atoms with van der Waals surface area (Å²) in [6, 6.07) is 6.40. The van der Waals surface area contributed by atoms with E-state index >= 15 is 0 Å². The molecule has 8 heteroatoms. The van der Waals surface area contributed by atoms with E-state index in [9.17, 15) is 32.3 Å². The van der Waals surface area contributed by atoms with Crippen LogP contribution < -0.4 is 5.32 Å². The zero-order valence-electron chi connectivity index (χ0n) is 14.4. The van der Waals surface area contributed by atoms with Crippen LogP contribution in [0.5, 0.6) is 0 Å². The first-order valence-electron chi connectivity index (χ1n) is 8.38. The van der Waals surface area contributed by atoms with Crippen LogP contribution in [0.25, 0.3) is 12.2 Å². The van der Waals surface area contributed by atoms with Crippen molar-refractivity contribution in [3.63, 3.8) is 0 Å². The van der Waals surface area contributed by atoms with Crippen LogP contribution in [-0.2, 0) is 11.0 Å². The third kappa shape index (κ3) is 4.57. The van der Waals surface area contributed by atoms with Gasteiger partial charge in [-0.2, -0.15) is 13.2 Å². The van der Waals surface area contributed by atoms with Crippen LogP contribution >= 0.6 is 0 Å². The molecule has 0 atom stereocenters. The van der Waals surface area contributed by atoms with E-state index in [0.29, 0.717) is 11.6 Å². The Hall–Kier alpha value is -3.16. The molecule has 4 nitrogen and oxygen atoms in total. The molecule has 2 aromatic carbocycles. The minimum absolute atomic E-state index is 0.0732. The van der Waals surface area contributed by atoms with Crippen molar-refractivity contribution in [2.24, 2.45) is 5.92 Å². The summed E-state index contributed by atoms with van der Waals surface area (Å²) in [6.07, 6.45) is -0.467. The maximum absolute atomic E-state index is 13.9. The molecule has 146 valence electrons. The highest BCUT2D eigenvalue weighted by Gasteiger charge is 2.31. The van der Waals surface area contributed by atoms with E-state index in [1.807, 2.05) is 0 Å². The molecule has 0 aromatic heterocycles. The van der Waals surface area contributed by atoms with E-state index in [1.54, 1.807) is 0 Å². The number of carboxylic acid groups (broad SMARTS) is 1. The van der Waals surface area contributed by atoms with Gasteiger partial charge in [0, 0.05) is 11.5 Å². The molecule has 1 amide bonds. The summed E-state index contributed by atoms with van der Waals surface area (Å²) < 4.78 is 51.6. The van der Waals surface area contributed by atoms with Crippen molar-refractivity contribution in [2.75, 3.05) is 5.32 Å². The lowest BCUT2D eigenvalue weighted by Crippen LogP contribution is -2.16. The lowest BCUT2D eigenvalue weighted by Gasteiger charge is -2.09. The Kier molecular flexibility index (Phi) is 5.22. The fourth-order valence-corrected chi connectivity index (χ4v) is 2.56. The van der Waals surface area contributed by atoms with E-state index in [1.165, 1.54) is 30.4 Å². The zero-order valence-corrected chi connectivity index (χ0v) is 14.4. The number of amides is 1. The number of alkyl halides is 3. The maximum atomic E-state index is 13.9. The molecule has 3 rings (SSSR count). The first-order valence-corrected chi connectivity index (χ1v) is 8.38. The van der Waals surface area contributed by atoms with Crippen LogP contribution in [0.1, 0.15) is 39.9 Å². The van der Waals surface area contributed by atoms with E-state index < -0.39 is 23.5 Å². The summed E-state index contributed by atoms with van der Waals surface area (Å²) in [6.45, 7) is 0. The molecule has 1 saturated carbocycles. The zero-order chi connectivity index (χ0) is 20.5. The summed E-state index contributed by atoms with van der Waals surface area (Å²) in [5.41, 5.74) is -0.755. The van der Waals surface area contributed by atoms with Gasteiger partial charge in [0.1, 0.15) is 5.82 Å². The Morgan fingerprint density at radius 2 is 1.79 bits per heavy atom. The second kappa shape index (κ2) is 7.46. The predicted molar refractivity (Wildman–Crippen MR) is 95.1 cm³/mol. The molecular weight excluding hydrogens is 378 g/mol. The van der Waals surface area contributed by atoms with Crippen molar-refractivity contribution >= 4 is 29.7 Å². The number of benzene rings is 2. The van der Waals surface area contributed by atoms with Gasteiger partial charge in [-0.05, 0) is 42.7 Å². The molecule has 1 aliphatic carbocycles. The second-order valence-electron chi connectivity index (χ2n) is 6.44. The maximum Gasteiger partial charge on any atom is 0.416 e. The Balaban J connectivity index is 1.83. The predicted octanol–water partition coefficient (Wildman–Crippen LogP) is 5.06. The first-order chi connectivity index (χ1) is 13.1. The summed E-state index contributed by atoms with van der Waals surface area (Å²) in [4.78, 5) is 23.3. The van der Waals surface area contributed by atoms with Crippen LogP contribution in [0.2, 0.25) is 0 Å². The Labute approximate surface area is 157 Å². The molecule has 2 N–H and O–H groups in total. The highest BCUT2D eigenvalue weighted by Crippen LogP contribution is 2.32. The molecule has 2 aromatic rings. The fraction of sp³-hybridized carbons (Fsp3) is 0.200. The normalized spacial score (nSPS) is 14.3. The van der Waals surface area contributed by atoms with Crippen molar-refractivity contribution in [2.45, 2.75) is 19.0 Å². The van der Waals surface area contributed by atoms with Gasteiger partial charge in [-0.1, -0.05) is 24.3 Å². The van der Waals surface area contributed by atoms with Gasteiger partial charge in [-0.15, -0.1) is 0 Å². The SMILES string of the molecule is O=C(O)c1cc(/C=C/c2ccc(C(F)(F)F)cc2F)ccc1NC(=O)C1CC1. The monoisotopic (exact) mass is 393 g/mol. The highest BCUT2D eigenvalue weighted by molar-refractivity contribution is 6.02. The van der Waals surface area contributed by atoms with Crippen LogP contribution in [0.15, 0.2) is 36.4 Å². The molecule has 0 heterocycles. The number of halogens is 4. The van der Waals surface area contributed by atoms with Crippen molar-refractivity contribution in [1.29, 1.82) is 0 Å². The number of carbonyl (C=O) groups excluding carboxylic acids is 1. The third-order valence-electron chi connectivity index (χ3n) is 4.26. The minimum Gasteiger partial charge on any atom is -0.478 e. The number of nitrogens with one attached hydrogen (secondary N) is 1. The summed E-state index contributed by atoms with van der Waals surface area (Å²) >= 11 is 0. The van der Waals surface area contributed by atoms with Crippen LogP contribution in [-0.4, -0.2) is 17.0 Å². The summed E-state index contributed by atoms with van der Waals surface area (Å²) in [7, 11) is 0. The summed E-state index contributed by atoms with van der Waals surface area (Å²) in [5, 5.41) is 11.9. The van der Waals surface area contributed by atoms with E-state index in [-0.39, 0.29) is 28.6 Å². The second-order valence-corrected chi connectivity index (χ2v) is 6.44. The van der Waals surface area contributed by atoms with Crippen molar-refractivity contribution in [3.05, 3.63) is 64.5 Å². The average molecular weight is 393 g/mol. The quantitative estimate of drug-likeness (QED) is 0.551. The van der Waals surface area contributed by atoms with Gasteiger partial charge in [0.2, 0.25) is 5.91 Å². The third-order valence-corrected chi connectivity index (χ3v) is 4.26. The fourth-order valence-electron chi connectivity index (χ4n) is 2.56. The smallest absolute Gasteiger partial charge is 0.416 e. The van der Waals surface area contributed by atoms with Gasteiger partial charge in [0.15, 0.2) is 0 Å². The Morgan fingerprint density at radius 1 is 1.07 bits per heavy atom. The summed E-state index contributed by atoms with van der Waals surface area (Å²) in [5.74, 6) is -2.62. The lowest BCUT2D eigenvalue weighted by atomic mass is 10.1. The standard InChI is InChI=1S/C20H15F4NO3/c21-16-10-14(20(22,23)24)7-6-12(16)3-1-11-2-8-17(15(9-11)19(27)28)25-18(26)13-4-5-13/h1-3,6-10,13H,4-5H2,(H,25,26)(H,27,28)/b3-1+. The highest BCUT2D eigenvalue weighted by atomic mass is 19.4. The van der Waals surface area contributed by atoms with Crippen molar-refractivity contribution in [1.82, 2.24) is 0 Å². The van der Waals surface area contributed by atoms with Crippen LogP contribution in [0.4, 0.5) is 23.2 Å². The van der Waals surface area contributed by atoms with E-state index in [2.05, 4.69) is 5.32 Å². The van der Waals surface area contributed by atoms with Gasteiger partial charge in [-0.3, -0.25) is 4.79 Å². The molecule has 28 heavy (non-hydrogen) atoms. The molecule has 0 bridgehead atoms. The van der Waals surface area contributed by atoms with Gasteiger partial charge in [0.05, 0.1) is 16.8 Å². The average Bonchev–Trinajstić information content (AvgIpc) is 3.45. The molecule has 0 aliphatic heterocycles. The van der Waals surface area contributed by atoms with Crippen LogP contribution in [0.3, 0.4) is 0 Å². The van der Waals surface area contributed by atoms with Crippen molar-refractivity contribution in [3.8, 4) is 0 Å². The van der Waals surface area contributed by atoms with Crippen LogP contribution in [0, 0.1) is 11.7 Å². The number of aromatic carboxylic acids is 1. The topological polar surface area (TPSA) is 66.4 Å². The van der Waals surface area contributed by atoms with Gasteiger partial charge in [0.25, 0.3) is 0 Å². The lowest BCUT2D eigenvalue weighted by molar-refractivity contribution is -0.137. The Bertz CT molecular complexity index is 962. The number of carbonyl (C=O) groups is 2. The first kappa shape index (κ1) is 19.6. The molecule has 0 saturated heterocycles. The molecule has 0 radical (unpaired) electrons. The van der Waals surface area contributed by atoms with E-state index in [4.69, 9.17) is 0 Å². The number of hydrogen-bond acceptors (Lipinski definition) is 2. The molecule has 1 fully saturated rings. The molecule has 0 spiro atoms.